The quantitative estimate of drug-likeness (QED) is 0.765. The number of carbonyl (C=O) groups excluding carboxylic acids is 2. The van der Waals surface area contributed by atoms with Crippen LogP contribution in [0.3, 0.4) is 0 Å². The molecular formula is C21H30O4. The third kappa shape index (κ3) is 2.26. The predicted molar refractivity (Wildman–Crippen MR) is 93.7 cm³/mol. The predicted octanol–water partition coefficient (Wildman–Crippen LogP) is 2.67. The van der Waals surface area contributed by atoms with Crippen LogP contribution in [0.4, 0.5) is 0 Å². The Kier molecular flexibility index (Phi) is 3.83. The second-order valence-corrected chi connectivity index (χ2v) is 9.57. The van der Waals surface area contributed by atoms with Crippen molar-refractivity contribution in [3.63, 3.8) is 0 Å². The Bertz CT molecular complexity index is 652. The van der Waals surface area contributed by atoms with E-state index in [1.807, 2.05) is 6.08 Å². The first kappa shape index (κ1) is 17.4. The molecule has 25 heavy (non-hydrogen) atoms. The topological polar surface area (TPSA) is 74.6 Å². The van der Waals surface area contributed by atoms with Gasteiger partial charge in [-0.1, -0.05) is 19.4 Å². The third-order valence-corrected chi connectivity index (χ3v) is 8.42. The maximum Gasteiger partial charge on any atom is 0.159 e. The van der Waals surface area contributed by atoms with Gasteiger partial charge in [0.25, 0.3) is 0 Å². The Morgan fingerprint density at radius 2 is 1.72 bits per heavy atom. The number of fused-ring (bicyclic) bond motifs is 5. The lowest BCUT2D eigenvalue weighted by Crippen LogP contribution is -2.55. The highest BCUT2D eigenvalue weighted by Gasteiger charge is 2.60. The number of carbonyl (C=O) groups is 2. The lowest BCUT2D eigenvalue weighted by molar-refractivity contribution is -0.143. The molecule has 0 saturated heterocycles. The van der Waals surface area contributed by atoms with E-state index in [0.717, 1.165) is 25.7 Å². The summed E-state index contributed by atoms with van der Waals surface area (Å²) in [7, 11) is 0. The number of hydrogen-bond donors (Lipinski definition) is 2. The van der Waals surface area contributed by atoms with Gasteiger partial charge in [0.05, 0.1) is 12.2 Å². The molecule has 0 aromatic heterocycles. The first-order valence-corrected chi connectivity index (χ1v) is 9.80. The average molecular weight is 346 g/mol. The van der Waals surface area contributed by atoms with Gasteiger partial charge < -0.3 is 10.2 Å². The van der Waals surface area contributed by atoms with Crippen molar-refractivity contribution in [1.82, 2.24) is 0 Å². The van der Waals surface area contributed by atoms with E-state index in [4.69, 9.17) is 0 Å². The third-order valence-electron chi connectivity index (χ3n) is 8.42. The Balaban J connectivity index is 1.74. The van der Waals surface area contributed by atoms with Crippen molar-refractivity contribution in [3.8, 4) is 0 Å². The summed E-state index contributed by atoms with van der Waals surface area (Å²) < 4.78 is 0. The summed E-state index contributed by atoms with van der Waals surface area (Å²) in [4.78, 5) is 25.1. The smallest absolute Gasteiger partial charge is 0.159 e. The molecule has 3 fully saturated rings. The van der Waals surface area contributed by atoms with Crippen LogP contribution in [0.25, 0.3) is 0 Å². The Morgan fingerprint density at radius 1 is 1.04 bits per heavy atom. The zero-order valence-electron chi connectivity index (χ0n) is 15.5. The van der Waals surface area contributed by atoms with Crippen molar-refractivity contribution < 1.29 is 19.8 Å². The zero-order valence-corrected chi connectivity index (χ0v) is 15.5. The van der Waals surface area contributed by atoms with E-state index in [1.165, 1.54) is 5.57 Å². The lowest BCUT2D eigenvalue weighted by atomic mass is 9.47. The molecule has 4 nitrogen and oxygen atoms in total. The second-order valence-electron chi connectivity index (χ2n) is 9.57. The fourth-order valence-corrected chi connectivity index (χ4v) is 7.06. The van der Waals surface area contributed by atoms with Gasteiger partial charge in [0.1, 0.15) is 5.78 Å². The number of rotatable bonds is 1. The molecular weight excluding hydrogens is 316 g/mol. The summed E-state index contributed by atoms with van der Waals surface area (Å²) in [5.41, 5.74) is 0.949. The van der Waals surface area contributed by atoms with Crippen LogP contribution in [0.2, 0.25) is 0 Å². The van der Waals surface area contributed by atoms with E-state index in [2.05, 4.69) is 13.8 Å². The molecule has 3 saturated carbocycles. The van der Waals surface area contributed by atoms with Crippen LogP contribution < -0.4 is 0 Å². The number of ketones is 2. The average Bonchev–Trinajstić information content (AvgIpc) is 2.88. The molecule has 0 bridgehead atoms. The highest BCUT2D eigenvalue weighted by Crippen LogP contribution is 2.65. The molecule has 0 aromatic rings. The summed E-state index contributed by atoms with van der Waals surface area (Å²) in [5.74, 6) is 0.932. The summed E-state index contributed by atoms with van der Waals surface area (Å²) in [5, 5.41) is 20.4. The number of hydrogen-bond acceptors (Lipinski definition) is 4. The van der Waals surface area contributed by atoms with Crippen molar-refractivity contribution in [3.05, 3.63) is 11.6 Å². The molecule has 2 N–H and O–H groups in total. The molecule has 0 aromatic carbocycles. The van der Waals surface area contributed by atoms with Gasteiger partial charge in [0, 0.05) is 11.8 Å². The normalized spacial score (nSPS) is 52.0. The number of Topliss-reactive ketones (excluding diaryl/α,β-unsaturated/α-hetero) is 1. The molecule has 4 aliphatic carbocycles. The number of allylic oxidation sites excluding steroid dienone is 2. The Hall–Kier alpha value is -1.00. The van der Waals surface area contributed by atoms with E-state index in [9.17, 15) is 19.8 Å². The van der Waals surface area contributed by atoms with Gasteiger partial charge in [0.15, 0.2) is 5.78 Å². The molecule has 8 atom stereocenters. The summed E-state index contributed by atoms with van der Waals surface area (Å²) >= 11 is 0. The summed E-state index contributed by atoms with van der Waals surface area (Å²) in [6.45, 7) is 6.09. The molecule has 4 heteroatoms. The molecule has 0 unspecified atom stereocenters. The minimum absolute atomic E-state index is 0.0234. The van der Waals surface area contributed by atoms with E-state index in [1.54, 1.807) is 6.92 Å². The number of aliphatic hydroxyl groups is 2. The van der Waals surface area contributed by atoms with E-state index in [-0.39, 0.29) is 34.2 Å². The van der Waals surface area contributed by atoms with Crippen molar-refractivity contribution in [2.75, 3.05) is 0 Å². The van der Waals surface area contributed by atoms with Crippen molar-refractivity contribution in [2.45, 2.75) is 71.5 Å². The van der Waals surface area contributed by atoms with Crippen molar-refractivity contribution in [1.29, 1.82) is 0 Å². The van der Waals surface area contributed by atoms with Crippen LogP contribution in [0.15, 0.2) is 11.6 Å². The standard InChI is InChI=1S/C21H30O4/c1-11(22)13-4-5-14-12-8-17(23)16-9-18(24)19(25)10-21(16,3)15(12)6-7-20(13,14)2/h8,13-16,18-19,24-25H,4-7,9-10H2,1-3H3/t13-,14-,15+,16+,18-,19+,20-,21-/m1/s1. The van der Waals surface area contributed by atoms with E-state index >= 15 is 0 Å². The maximum atomic E-state index is 12.9. The van der Waals surface area contributed by atoms with Crippen molar-refractivity contribution >= 4 is 11.6 Å². The van der Waals surface area contributed by atoms with Gasteiger partial charge in [-0.25, -0.2) is 0 Å². The molecule has 0 radical (unpaired) electrons. The molecule has 138 valence electrons. The molecule has 0 spiro atoms. The number of aliphatic hydroxyl groups excluding tert-OH is 2. The van der Waals surface area contributed by atoms with E-state index in [0.29, 0.717) is 24.7 Å². The fourth-order valence-electron chi connectivity index (χ4n) is 7.06. The van der Waals surface area contributed by atoms with Gasteiger partial charge >= 0.3 is 0 Å². The second kappa shape index (κ2) is 5.50. The largest absolute Gasteiger partial charge is 0.390 e. The molecule has 0 aliphatic heterocycles. The van der Waals surface area contributed by atoms with Crippen LogP contribution in [-0.2, 0) is 9.59 Å². The first-order chi connectivity index (χ1) is 11.7. The molecule has 4 aliphatic rings. The molecule has 0 heterocycles. The van der Waals surface area contributed by atoms with Crippen molar-refractivity contribution in [2.24, 2.45) is 34.5 Å². The van der Waals surface area contributed by atoms with Crippen LogP contribution in [0.1, 0.15) is 59.3 Å². The molecule has 4 rings (SSSR count). The Labute approximate surface area is 149 Å². The minimum Gasteiger partial charge on any atom is -0.390 e. The van der Waals surface area contributed by atoms with Gasteiger partial charge in [-0.3, -0.25) is 9.59 Å². The molecule has 0 amide bonds. The van der Waals surface area contributed by atoms with Crippen LogP contribution in [-0.4, -0.2) is 34.0 Å². The van der Waals surface area contributed by atoms with Gasteiger partial charge in [-0.15, -0.1) is 0 Å². The Morgan fingerprint density at radius 3 is 2.40 bits per heavy atom. The SMILES string of the molecule is CC(=O)[C@H]1CC[C@@H]2C3=CC(=O)[C@@H]4C[C@@H](O)[C@@H](O)C[C@]4(C)[C@H]3CC[C@]12C. The monoisotopic (exact) mass is 346 g/mol. The van der Waals surface area contributed by atoms with E-state index < -0.39 is 12.2 Å². The van der Waals surface area contributed by atoms with Crippen LogP contribution in [0, 0.1) is 34.5 Å². The fraction of sp³-hybridized carbons (Fsp3) is 0.810. The van der Waals surface area contributed by atoms with Gasteiger partial charge in [-0.2, -0.15) is 0 Å². The maximum absolute atomic E-state index is 12.9. The van der Waals surface area contributed by atoms with Gasteiger partial charge in [-0.05, 0) is 74.2 Å². The highest BCUT2D eigenvalue weighted by atomic mass is 16.3. The first-order valence-electron chi connectivity index (χ1n) is 9.80. The van der Waals surface area contributed by atoms with Crippen LogP contribution in [0.5, 0.6) is 0 Å². The zero-order chi connectivity index (χ0) is 18.1. The van der Waals surface area contributed by atoms with Crippen LogP contribution >= 0.6 is 0 Å². The summed E-state index contributed by atoms with van der Waals surface area (Å²) in [6, 6.07) is 0. The van der Waals surface area contributed by atoms with Gasteiger partial charge in [0.2, 0.25) is 0 Å². The highest BCUT2D eigenvalue weighted by molar-refractivity contribution is 5.94. The summed E-state index contributed by atoms with van der Waals surface area (Å²) in [6.07, 6.45) is 5.10. The lowest BCUT2D eigenvalue weighted by Gasteiger charge is -2.57. The minimum atomic E-state index is -0.792.